The maximum absolute atomic E-state index is 12.1. The van der Waals surface area contributed by atoms with E-state index in [0.717, 1.165) is 21.7 Å². The number of fused-ring (bicyclic) bond motifs is 1. The minimum absolute atomic E-state index is 0. The number of rotatable bonds is 4. The second-order valence-electron chi connectivity index (χ2n) is 5.22. The maximum atomic E-state index is 12.1. The third-order valence-electron chi connectivity index (χ3n) is 3.61. The van der Waals surface area contributed by atoms with E-state index in [1.165, 1.54) is 13.3 Å². The van der Waals surface area contributed by atoms with Gasteiger partial charge in [0, 0.05) is 27.9 Å². The second kappa shape index (κ2) is 8.18. The van der Waals surface area contributed by atoms with Gasteiger partial charge in [-0.2, -0.15) is 0 Å². The number of hydrogen-bond acceptors (Lipinski definition) is 6. The van der Waals surface area contributed by atoms with Gasteiger partial charge in [-0.25, -0.2) is 14.8 Å². The molecule has 3 aromatic rings. The molecule has 3 rings (SSSR count). The molecule has 0 saturated heterocycles. The quantitative estimate of drug-likeness (QED) is 0.530. The molecule has 0 saturated carbocycles. The van der Waals surface area contributed by atoms with Crippen LogP contribution in [0.15, 0.2) is 47.5 Å². The van der Waals surface area contributed by atoms with Crippen LogP contribution < -0.4 is 5.32 Å². The molecule has 0 spiro atoms. The van der Waals surface area contributed by atoms with Crippen LogP contribution in [-0.2, 0) is 4.74 Å². The van der Waals surface area contributed by atoms with Crippen molar-refractivity contribution >= 4 is 52.5 Å². The minimum atomic E-state index is -0.437. The van der Waals surface area contributed by atoms with E-state index in [2.05, 4.69) is 15.3 Å². The summed E-state index contributed by atoms with van der Waals surface area (Å²) in [5.41, 5.74) is 3.38. The number of nitrogens with one attached hydrogen (secondary N) is 1. The summed E-state index contributed by atoms with van der Waals surface area (Å²) in [4.78, 5) is 22.0. The minimum Gasteiger partial charge on any atom is -0.465 e. The molecule has 0 radical (unpaired) electrons. The number of nitrogens with zero attached hydrogens (tertiary/aromatic N) is 2. The van der Waals surface area contributed by atoms with Crippen LogP contribution in [0.2, 0.25) is 0 Å². The fourth-order valence-corrected chi connectivity index (χ4v) is 2.88. The lowest BCUT2D eigenvalue weighted by Gasteiger charge is -2.14. The first-order chi connectivity index (χ1) is 11.6. The fraction of sp³-hybridized carbons (Fsp3) is 0.167. The number of methoxy groups -OCH3 is 1. The number of hydrogen-bond donors (Lipinski definition) is 1. The van der Waals surface area contributed by atoms with E-state index in [1.807, 2.05) is 49.6 Å². The van der Waals surface area contributed by atoms with Crippen molar-refractivity contribution < 1.29 is 9.53 Å². The Morgan fingerprint density at radius 1 is 1.24 bits per heavy atom. The molecule has 0 aliphatic carbocycles. The summed E-state index contributed by atoms with van der Waals surface area (Å²) in [5, 5.41) is 4.11. The number of halogens is 1. The van der Waals surface area contributed by atoms with Gasteiger partial charge in [-0.3, -0.25) is 0 Å². The summed E-state index contributed by atoms with van der Waals surface area (Å²) in [7, 11) is 1.36. The maximum Gasteiger partial charge on any atom is 0.341 e. The molecule has 1 aromatic carbocycles. The first-order valence-corrected chi connectivity index (χ1v) is 8.60. The van der Waals surface area contributed by atoms with Crippen LogP contribution in [0.4, 0.5) is 11.4 Å². The average Bonchev–Trinajstić information content (AvgIpc) is 2.61. The second-order valence-corrected chi connectivity index (χ2v) is 6.10. The van der Waals surface area contributed by atoms with E-state index in [4.69, 9.17) is 4.74 Å². The van der Waals surface area contributed by atoms with Gasteiger partial charge in [-0.1, -0.05) is 6.07 Å². The molecule has 0 fully saturated rings. The Balaban J connectivity index is 0.00000225. The first-order valence-electron chi connectivity index (χ1n) is 7.38. The van der Waals surface area contributed by atoms with Crippen LogP contribution in [0, 0.1) is 6.92 Å². The smallest absolute Gasteiger partial charge is 0.341 e. The zero-order valence-electron chi connectivity index (χ0n) is 14.1. The highest BCUT2D eigenvalue weighted by Gasteiger charge is 2.17. The molecule has 1 N–H and O–H groups in total. The molecule has 2 aromatic heterocycles. The monoisotopic (exact) mass is 375 g/mol. The number of benzene rings is 1. The Morgan fingerprint density at radius 3 is 2.76 bits per heavy atom. The van der Waals surface area contributed by atoms with Crippen LogP contribution >= 0.6 is 24.2 Å². The largest absolute Gasteiger partial charge is 0.465 e. The van der Waals surface area contributed by atoms with Crippen LogP contribution in [0.1, 0.15) is 16.1 Å². The zero-order chi connectivity index (χ0) is 17.1. The summed E-state index contributed by atoms with van der Waals surface area (Å²) in [5.74, 6) is -0.437. The van der Waals surface area contributed by atoms with E-state index in [9.17, 15) is 4.79 Å². The fourth-order valence-electron chi connectivity index (χ4n) is 2.42. The highest BCUT2D eigenvalue weighted by Crippen LogP contribution is 2.30. The lowest BCUT2D eigenvalue weighted by atomic mass is 10.1. The van der Waals surface area contributed by atoms with Crippen molar-refractivity contribution in [2.75, 3.05) is 18.7 Å². The van der Waals surface area contributed by atoms with Crippen molar-refractivity contribution in [1.29, 1.82) is 0 Å². The summed E-state index contributed by atoms with van der Waals surface area (Å²) < 4.78 is 4.89. The third-order valence-corrected chi connectivity index (χ3v) is 4.34. The molecule has 0 atom stereocenters. The molecule has 0 unspecified atom stereocenters. The molecule has 2 heterocycles. The van der Waals surface area contributed by atoms with E-state index in [-0.39, 0.29) is 12.4 Å². The average molecular weight is 376 g/mol. The number of pyridine rings is 2. The van der Waals surface area contributed by atoms with Gasteiger partial charge in [0.25, 0.3) is 0 Å². The van der Waals surface area contributed by atoms with Gasteiger partial charge in [0.15, 0.2) is 5.65 Å². The molecule has 0 aliphatic heterocycles. The van der Waals surface area contributed by atoms with Crippen LogP contribution in [0.25, 0.3) is 11.0 Å². The van der Waals surface area contributed by atoms with E-state index in [0.29, 0.717) is 16.9 Å². The third kappa shape index (κ3) is 4.03. The lowest BCUT2D eigenvalue weighted by molar-refractivity contribution is 0.0601. The predicted octanol–water partition coefficient (Wildman–Crippen LogP) is 4.61. The summed E-state index contributed by atoms with van der Waals surface area (Å²) in [6, 6.07) is 11.8. The number of thioether (sulfide) groups is 1. The normalized spacial score (nSPS) is 10.2. The number of anilines is 2. The molecule has 0 aliphatic rings. The van der Waals surface area contributed by atoms with Gasteiger partial charge in [0.1, 0.15) is 5.56 Å². The standard InChI is InChI=1S/C18H17N3O2S.ClH/c1-11-7-8-14-16(21-12-5-4-6-13(9-12)24-3)15(18(22)23-2)10-19-17(14)20-11;/h4-10H,1-3H3,(H,19,20,21);1H. The van der Waals surface area contributed by atoms with Crippen molar-refractivity contribution in [1.82, 2.24) is 9.97 Å². The van der Waals surface area contributed by atoms with E-state index >= 15 is 0 Å². The first kappa shape index (κ1) is 19.0. The number of esters is 1. The van der Waals surface area contributed by atoms with Crippen LogP contribution in [-0.4, -0.2) is 29.3 Å². The van der Waals surface area contributed by atoms with Gasteiger partial charge in [0.2, 0.25) is 0 Å². The van der Waals surface area contributed by atoms with E-state index in [1.54, 1.807) is 11.8 Å². The molecule has 5 nitrogen and oxygen atoms in total. The lowest BCUT2D eigenvalue weighted by Crippen LogP contribution is -2.08. The number of carbonyl (C=O) groups is 1. The Morgan fingerprint density at radius 2 is 2.04 bits per heavy atom. The molecule has 0 amide bonds. The molecule has 25 heavy (non-hydrogen) atoms. The number of aromatic nitrogens is 2. The summed E-state index contributed by atoms with van der Waals surface area (Å²) in [6.45, 7) is 1.91. The SMILES string of the molecule is COC(=O)c1cnc2nc(C)ccc2c1Nc1cccc(SC)c1.Cl. The van der Waals surface area contributed by atoms with Crippen molar-refractivity contribution in [3.05, 3.63) is 53.9 Å². The van der Waals surface area contributed by atoms with E-state index < -0.39 is 5.97 Å². The van der Waals surface area contributed by atoms with Crippen molar-refractivity contribution in [2.45, 2.75) is 11.8 Å². The number of carbonyl (C=O) groups excluding carboxylic acids is 1. The molecule has 130 valence electrons. The Kier molecular flexibility index (Phi) is 6.22. The van der Waals surface area contributed by atoms with Gasteiger partial charge < -0.3 is 10.1 Å². The zero-order valence-corrected chi connectivity index (χ0v) is 15.7. The summed E-state index contributed by atoms with van der Waals surface area (Å²) in [6.07, 6.45) is 3.52. The van der Waals surface area contributed by atoms with Gasteiger partial charge in [-0.15, -0.1) is 24.2 Å². The Hall–Kier alpha value is -2.31. The van der Waals surface area contributed by atoms with Crippen LogP contribution in [0.5, 0.6) is 0 Å². The van der Waals surface area contributed by atoms with Crippen LogP contribution in [0.3, 0.4) is 0 Å². The topological polar surface area (TPSA) is 64.1 Å². The van der Waals surface area contributed by atoms with Gasteiger partial charge >= 0.3 is 5.97 Å². The molecule has 7 heteroatoms. The predicted molar refractivity (Wildman–Crippen MR) is 104 cm³/mol. The van der Waals surface area contributed by atoms with Gasteiger partial charge in [-0.05, 0) is 43.5 Å². The van der Waals surface area contributed by atoms with Crippen molar-refractivity contribution in [2.24, 2.45) is 0 Å². The van der Waals surface area contributed by atoms with Gasteiger partial charge in [0.05, 0.1) is 12.8 Å². The Labute approximate surface area is 156 Å². The Bertz CT molecular complexity index is 918. The van der Waals surface area contributed by atoms with Crippen molar-refractivity contribution in [3.63, 3.8) is 0 Å². The number of aryl methyl sites for hydroxylation is 1. The highest BCUT2D eigenvalue weighted by molar-refractivity contribution is 7.98. The molecular formula is C18H18ClN3O2S. The molecular weight excluding hydrogens is 358 g/mol. The number of ether oxygens (including phenoxy) is 1. The highest BCUT2D eigenvalue weighted by atomic mass is 35.5. The summed E-state index contributed by atoms with van der Waals surface area (Å²) >= 11 is 1.66. The molecule has 0 bridgehead atoms. The van der Waals surface area contributed by atoms with Crippen molar-refractivity contribution in [3.8, 4) is 0 Å².